The number of anilines is 2. The third kappa shape index (κ3) is 2.16. The van der Waals surface area contributed by atoms with Crippen LogP contribution in [0.1, 0.15) is 16.1 Å². The van der Waals surface area contributed by atoms with Gasteiger partial charge in [0.15, 0.2) is 5.82 Å². The summed E-state index contributed by atoms with van der Waals surface area (Å²) in [6.45, 7) is 1.77. The van der Waals surface area contributed by atoms with Crippen molar-refractivity contribution in [2.24, 2.45) is 12.8 Å². The van der Waals surface area contributed by atoms with E-state index in [-0.39, 0.29) is 5.56 Å². The van der Waals surface area contributed by atoms with Gasteiger partial charge >= 0.3 is 0 Å². The zero-order valence-electron chi connectivity index (χ0n) is 9.19. The van der Waals surface area contributed by atoms with Gasteiger partial charge in [-0.1, -0.05) is 5.16 Å². The number of hydrogen-bond acceptors (Lipinski definition) is 5. The van der Waals surface area contributed by atoms with Gasteiger partial charge in [0.05, 0.1) is 0 Å². The van der Waals surface area contributed by atoms with Crippen LogP contribution in [0, 0.1) is 6.92 Å². The molecule has 0 saturated carbocycles. The molecule has 17 heavy (non-hydrogen) atoms. The minimum Gasteiger partial charge on any atom is -0.365 e. The molecule has 1 amide bonds. The van der Waals surface area contributed by atoms with E-state index in [9.17, 15) is 4.79 Å². The number of carbonyl (C=O) groups is 1. The molecule has 0 aliphatic carbocycles. The maximum atomic E-state index is 11.3. The Morgan fingerprint density at radius 3 is 2.88 bits per heavy atom. The summed E-state index contributed by atoms with van der Waals surface area (Å²) in [5.74, 6) is 1.03. The van der Waals surface area contributed by atoms with Crippen LogP contribution >= 0.6 is 15.9 Å². The molecule has 0 unspecified atom stereocenters. The first-order valence-electron chi connectivity index (χ1n) is 4.71. The van der Waals surface area contributed by atoms with Gasteiger partial charge < -0.3 is 15.6 Å². The fourth-order valence-corrected chi connectivity index (χ4v) is 2.02. The van der Waals surface area contributed by atoms with E-state index < -0.39 is 5.91 Å². The number of amides is 1. The van der Waals surface area contributed by atoms with Crippen molar-refractivity contribution in [3.8, 4) is 0 Å². The van der Waals surface area contributed by atoms with Gasteiger partial charge in [-0.3, -0.25) is 9.48 Å². The minimum atomic E-state index is -0.576. The second-order valence-corrected chi connectivity index (χ2v) is 4.20. The second-order valence-electron chi connectivity index (χ2n) is 3.45. The number of halogens is 1. The molecule has 2 aromatic heterocycles. The standard InChI is InChI=1S/C9H10BrN5O2/c1-4-3-5(14-17-4)12-9-6(8(11)16)7(10)13-15(9)2/h3H,1-2H3,(H2,11,16)(H,12,14). The first-order valence-corrected chi connectivity index (χ1v) is 5.51. The first-order chi connectivity index (χ1) is 7.99. The van der Waals surface area contributed by atoms with Crippen molar-refractivity contribution < 1.29 is 9.32 Å². The molecular formula is C9H10BrN5O2. The first kappa shape index (κ1) is 11.6. The lowest BCUT2D eigenvalue weighted by atomic mass is 10.3. The lowest BCUT2D eigenvalue weighted by Crippen LogP contribution is -2.13. The van der Waals surface area contributed by atoms with Gasteiger partial charge in [0.2, 0.25) is 0 Å². The van der Waals surface area contributed by atoms with Crippen molar-refractivity contribution in [3.05, 3.63) is 22.0 Å². The summed E-state index contributed by atoms with van der Waals surface area (Å²) < 4.78 is 6.79. The highest BCUT2D eigenvalue weighted by molar-refractivity contribution is 9.10. The zero-order valence-corrected chi connectivity index (χ0v) is 10.8. The molecule has 0 spiro atoms. The molecule has 0 aliphatic rings. The number of hydrogen-bond donors (Lipinski definition) is 2. The maximum Gasteiger partial charge on any atom is 0.255 e. The molecule has 0 bridgehead atoms. The molecule has 0 saturated heterocycles. The fraction of sp³-hybridized carbons (Fsp3) is 0.222. The average Bonchev–Trinajstić information content (AvgIpc) is 2.72. The Labute approximate surface area is 105 Å². The molecule has 0 radical (unpaired) electrons. The third-order valence-electron chi connectivity index (χ3n) is 2.13. The Morgan fingerprint density at radius 1 is 1.65 bits per heavy atom. The summed E-state index contributed by atoms with van der Waals surface area (Å²) in [6.07, 6.45) is 0. The van der Waals surface area contributed by atoms with Crippen LogP contribution < -0.4 is 11.1 Å². The number of carbonyl (C=O) groups excluding carboxylic acids is 1. The SMILES string of the molecule is Cc1cc(Nc2c(C(N)=O)c(Br)nn2C)no1. The molecule has 2 heterocycles. The van der Waals surface area contributed by atoms with E-state index in [4.69, 9.17) is 10.3 Å². The highest BCUT2D eigenvalue weighted by Crippen LogP contribution is 2.26. The van der Waals surface area contributed by atoms with Gasteiger partial charge in [-0.25, -0.2) is 0 Å². The van der Waals surface area contributed by atoms with E-state index in [1.807, 2.05) is 0 Å². The normalized spacial score (nSPS) is 10.5. The van der Waals surface area contributed by atoms with Gasteiger partial charge in [0, 0.05) is 13.1 Å². The lowest BCUT2D eigenvalue weighted by molar-refractivity contribution is 0.100. The molecule has 90 valence electrons. The largest absolute Gasteiger partial charge is 0.365 e. The monoisotopic (exact) mass is 299 g/mol. The van der Waals surface area contributed by atoms with Crippen LogP contribution in [-0.4, -0.2) is 20.8 Å². The van der Waals surface area contributed by atoms with Gasteiger partial charge in [-0.2, -0.15) is 5.10 Å². The third-order valence-corrected chi connectivity index (χ3v) is 2.68. The summed E-state index contributed by atoms with van der Waals surface area (Å²) in [4.78, 5) is 11.3. The zero-order chi connectivity index (χ0) is 12.6. The fourth-order valence-electron chi connectivity index (χ4n) is 1.40. The van der Waals surface area contributed by atoms with Crippen LogP contribution in [-0.2, 0) is 7.05 Å². The molecule has 0 atom stereocenters. The van der Waals surface area contributed by atoms with Crippen LogP contribution in [0.4, 0.5) is 11.6 Å². The van der Waals surface area contributed by atoms with Crippen LogP contribution in [0.3, 0.4) is 0 Å². The van der Waals surface area contributed by atoms with E-state index in [1.54, 1.807) is 20.0 Å². The van der Waals surface area contributed by atoms with Crippen molar-refractivity contribution in [2.45, 2.75) is 6.92 Å². The van der Waals surface area contributed by atoms with Crippen molar-refractivity contribution in [1.82, 2.24) is 14.9 Å². The highest BCUT2D eigenvalue weighted by Gasteiger charge is 2.20. The topological polar surface area (TPSA) is 99.0 Å². The summed E-state index contributed by atoms with van der Waals surface area (Å²) >= 11 is 3.17. The van der Waals surface area contributed by atoms with Gasteiger partial charge in [0.1, 0.15) is 21.7 Å². The van der Waals surface area contributed by atoms with E-state index >= 15 is 0 Å². The molecule has 8 heteroatoms. The summed E-state index contributed by atoms with van der Waals surface area (Å²) in [6, 6.07) is 1.70. The maximum absolute atomic E-state index is 11.3. The van der Waals surface area contributed by atoms with Gasteiger partial charge in [-0.05, 0) is 22.9 Å². The Hall–Kier alpha value is -1.83. The lowest BCUT2D eigenvalue weighted by Gasteiger charge is -2.03. The van der Waals surface area contributed by atoms with Gasteiger partial charge in [0.25, 0.3) is 5.91 Å². The highest BCUT2D eigenvalue weighted by atomic mass is 79.9. The van der Waals surface area contributed by atoms with Crippen molar-refractivity contribution in [3.63, 3.8) is 0 Å². The molecular weight excluding hydrogens is 290 g/mol. The van der Waals surface area contributed by atoms with Crippen LogP contribution in [0.2, 0.25) is 0 Å². The number of primary amides is 1. The predicted octanol–water partition coefficient (Wildman–Crippen LogP) is 1.32. The van der Waals surface area contributed by atoms with E-state index in [0.29, 0.717) is 22.0 Å². The van der Waals surface area contributed by atoms with E-state index in [0.717, 1.165) is 0 Å². The van der Waals surface area contributed by atoms with Crippen molar-refractivity contribution in [1.29, 1.82) is 0 Å². The Morgan fingerprint density at radius 2 is 2.35 bits per heavy atom. The number of rotatable bonds is 3. The summed E-state index contributed by atoms with van der Waals surface area (Å²) in [5.41, 5.74) is 5.55. The molecule has 0 aromatic carbocycles. The molecule has 2 rings (SSSR count). The quantitative estimate of drug-likeness (QED) is 0.890. The molecule has 2 aromatic rings. The Kier molecular flexibility index (Phi) is 2.88. The molecule has 0 aliphatic heterocycles. The van der Waals surface area contributed by atoms with Crippen LogP contribution in [0.15, 0.2) is 15.2 Å². The summed E-state index contributed by atoms with van der Waals surface area (Å²) in [5, 5.41) is 10.7. The van der Waals surface area contributed by atoms with Crippen LogP contribution in [0.25, 0.3) is 0 Å². The van der Waals surface area contributed by atoms with Crippen LogP contribution in [0.5, 0.6) is 0 Å². The number of nitrogens with one attached hydrogen (secondary N) is 1. The molecule has 3 N–H and O–H groups in total. The second kappa shape index (κ2) is 4.21. The number of aryl methyl sites for hydroxylation is 2. The smallest absolute Gasteiger partial charge is 0.255 e. The summed E-state index contributed by atoms with van der Waals surface area (Å²) in [7, 11) is 1.69. The minimum absolute atomic E-state index is 0.271. The van der Waals surface area contributed by atoms with E-state index in [2.05, 4.69) is 31.5 Å². The number of aromatic nitrogens is 3. The van der Waals surface area contributed by atoms with Gasteiger partial charge in [-0.15, -0.1) is 0 Å². The molecule has 0 fully saturated rings. The number of nitrogens with two attached hydrogens (primary N) is 1. The number of nitrogens with zero attached hydrogens (tertiary/aromatic N) is 3. The average molecular weight is 300 g/mol. The van der Waals surface area contributed by atoms with E-state index in [1.165, 1.54) is 4.68 Å². The van der Waals surface area contributed by atoms with Crippen molar-refractivity contribution in [2.75, 3.05) is 5.32 Å². The predicted molar refractivity (Wildman–Crippen MR) is 63.9 cm³/mol. The molecule has 7 nitrogen and oxygen atoms in total. The Balaban J connectivity index is 2.41. The Bertz CT molecular complexity index is 574. The van der Waals surface area contributed by atoms with Crippen molar-refractivity contribution >= 4 is 33.5 Å².